The van der Waals surface area contributed by atoms with Crippen LogP contribution in [0, 0.1) is 10.9 Å². The summed E-state index contributed by atoms with van der Waals surface area (Å²) in [6.07, 6.45) is 0.106. The third-order valence-corrected chi connectivity index (χ3v) is 3.98. The first-order valence-electron chi connectivity index (χ1n) is 6.06. The molecule has 0 radical (unpaired) electrons. The van der Waals surface area contributed by atoms with Crippen molar-refractivity contribution in [3.8, 4) is 21.9 Å². The molecule has 0 saturated heterocycles. The third-order valence-electron chi connectivity index (χ3n) is 2.62. The number of ether oxygens (including phenoxy) is 2. The molecular formula is C14H17NO2S2. The van der Waals surface area contributed by atoms with Crippen LogP contribution in [0.5, 0.6) is 11.5 Å². The number of benzene rings is 1. The Morgan fingerprint density at radius 1 is 1.32 bits per heavy atom. The van der Waals surface area contributed by atoms with Crippen LogP contribution in [0.3, 0.4) is 0 Å². The molecule has 0 atom stereocenters. The zero-order valence-electron chi connectivity index (χ0n) is 11.4. The lowest BCUT2D eigenvalue weighted by Crippen LogP contribution is -2.07. The summed E-state index contributed by atoms with van der Waals surface area (Å²) in [5.74, 6) is 1.51. The first-order chi connectivity index (χ1) is 9.02. The predicted octanol–water partition coefficient (Wildman–Crippen LogP) is 4.58. The zero-order valence-corrected chi connectivity index (χ0v) is 13.1. The number of aromatic amines is 1. The van der Waals surface area contributed by atoms with E-state index in [4.69, 9.17) is 21.7 Å². The number of hydrogen-bond acceptors (Lipinski definition) is 4. The first-order valence-corrected chi connectivity index (χ1v) is 7.29. The number of aromatic nitrogens is 1. The minimum Gasteiger partial charge on any atom is -0.492 e. The molecule has 1 N–H and O–H groups in total. The van der Waals surface area contributed by atoms with Crippen LogP contribution in [0.25, 0.3) is 10.4 Å². The summed E-state index contributed by atoms with van der Waals surface area (Å²) in [4.78, 5) is 4.25. The van der Waals surface area contributed by atoms with Gasteiger partial charge >= 0.3 is 0 Å². The molecule has 5 heteroatoms. The SMILES string of the molecule is COc1c(OC(C)C)cccc1-c1sc(=S)[nH]c1C. The first kappa shape index (κ1) is 14.1. The molecule has 0 saturated carbocycles. The van der Waals surface area contributed by atoms with Crippen LogP contribution in [0.2, 0.25) is 0 Å². The molecule has 0 bridgehead atoms. The standard InChI is InChI=1S/C14H17NO2S2/c1-8(2)17-11-7-5-6-10(12(11)16-4)13-9(3)15-14(18)19-13/h5-8H,1-4H3,(H,15,18). The van der Waals surface area contributed by atoms with Gasteiger partial charge in [-0.1, -0.05) is 6.07 Å². The fourth-order valence-corrected chi connectivity index (χ4v) is 3.18. The van der Waals surface area contributed by atoms with Gasteiger partial charge in [0.1, 0.15) is 0 Å². The van der Waals surface area contributed by atoms with Crippen LogP contribution in [0.4, 0.5) is 0 Å². The monoisotopic (exact) mass is 295 g/mol. The van der Waals surface area contributed by atoms with Crippen molar-refractivity contribution in [1.82, 2.24) is 4.98 Å². The molecule has 0 unspecified atom stereocenters. The number of aryl methyl sites for hydroxylation is 1. The number of nitrogens with one attached hydrogen (secondary N) is 1. The van der Waals surface area contributed by atoms with Gasteiger partial charge in [0.25, 0.3) is 0 Å². The van der Waals surface area contributed by atoms with E-state index in [2.05, 4.69) is 4.98 Å². The molecule has 0 aliphatic carbocycles. The topological polar surface area (TPSA) is 34.2 Å². The van der Waals surface area contributed by atoms with Gasteiger partial charge in [-0.15, -0.1) is 11.3 Å². The third kappa shape index (κ3) is 2.98. The highest BCUT2D eigenvalue weighted by molar-refractivity contribution is 7.73. The number of rotatable bonds is 4. The summed E-state index contributed by atoms with van der Waals surface area (Å²) >= 11 is 6.74. The van der Waals surface area contributed by atoms with Crippen molar-refractivity contribution in [2.75, 3.05) is 7.11 Å². The smallest absolute Gasteiger partial charge is 0.169 e. The lowest BCUT2D eigenvalue weighted by molar-refractivity contribution is 0.230. The van der Waals surface area contributed by atoms with E-state index in [0.29, 0.717) is 0 Å². The number of H-pyrrole nitrogens is 1. The second kappa shape index (κ2) is 5.75. The molecule has 0 spiro atoms. The van der Waals surface area contributed by atoms with Crippen LogP contribution < -0.4 is 9.47 Å². The molecule has 3 nitrogen and oxygen atoms in total. The van der Waals surface area contributed by atoms with E-state index in [1.165, 1.54) is 0 Å². The van der Waals surface area contributed by atoms with E-state index in [0.717, 1.165) is 31.6 Å². The van der Waals surface area contributed by atoms with E-state index < -0.39 is 0 Å². The molecule has 0 aliphatic rings. The van der Waals surface area contributed by atoms with Crippen molar-refractivity contribution < 1.29 is 9.47 Å². The van der Waals surface area contributed by atoms with E-state index in [9.17, 15) is 0 Å². The minimum absolute atomic E-state index is 0.106. The van der Waals surface area contributed by atoms with Gasteiger partial charge in [0.15, 0.2) is 15.5 Å². The summed E-state index contributed by atoms with van der Waals surface area (Å²) in [6, 6.07) is 5.91. The average molecular weight is 295 g/mol. The molecule has 19 heavy (non-hydrogen) atoms. The Bertz CT molecular complexity index is 629. The van der Waals surface area contributed by atoms with Crippen LogP contribution in [0.1, 0.15) is 19.5 Å². The van der Waals surface area contributed by atoms with Crippen molar-refractivity contribution >= 4 is 23.6 Å². The maximum Gasteiger partial charge on any atom is 0.169 e. The van der Waals surface area contributed by atoms with E-state index in [1.807, 2.05) is 39.0 Å². The number of thiazole rings is 1. The van der Waals surface area contributed by atoms with Gasteiger partial charge in [-0.2, -0.15) is 0 Å². The van der Waals surface area contributed by atoms with Gasteiger partial charge in [-0.3, -0.25) is 0 Å². The second-order valence-electron chi connectivity index (χ2n) is 4.47. The molecule has 1 aromatic carbocycles. The Labute approximate surface area is 122 Å². The van der Waals surface area contributed by atoms with Gasteiger partial charge in [0.2, 0.25) is 0 Å². The second-order valence-corrected chi connectivity index (χ2v) is 6.16. The molecule has 2 aromatic rings. The van der Waals surface area contributed by atoms with Gasteiger partial charge < -0.3 is 14.5 Å². The fraction of sp³-hybridized carbons (Fsp3) is 0.357. The summed E-state index contributed by atoms with van der Waals surface area (Å²) in [5.41, 5.74) is 2.06. The van der Waals surface area contributed by atoms with Crippen molar-refractivity contribution in [3.63, 3.8) is 0 Å². The predicted molar refractivity (Wildman–Crippen MR) is 82.0 cm³/mol. The largest absolute Gasteiger partial charge is 0.492 e. The number of para-hydroxylation sites is 1. The van der Waals surface area contributed by atoms with Crippen LogP contribution >= 0.6 is 23.6 Å². The summed E-state index contributed by atoms with van der Waals surface area (Å²) in [7, 11) is 1.66. The van der Waals surface area contributed by atoms with E-state index in [-0.39, 0.29) is 6.10 Å². The molecular weight excluding hydrogens is 278 g/mol. The van der Waals surface area contributed by atoms with Gasteiger partial charge in [-0.25, -0.2) is 0 Å². The van der Waals surface area contributed by atoms with Gasteiger partial charge in [0.05, 0.1) is 18.1 Å². The van der Waals surface area contributed by atoms with Crippen LogP contribution in [0.15, 0.2) is 18.2 Å². The minimum atomic E-state index is 0.106. The molecule has 2 rings (SSSR count). The highest BCUT2D eigenvalue weighted by Gasteiger charge is 2.16. The number of methoxy groups -OCH3 is 1. The Hall–Kier alpha value is -1.33. The normalized spacial score (nSPS) is 10.8. The van der Waals surface area contributed by atoms with E-state index >= 15 is 0 Å². The maximum absolute atomic E-state index is 5.79. The Kier molecular flexibility index (Phi) is 4.27. The summed E-state index contributed by atoms with van der Waals surface area (Å²) in [6.45, 7) is 6.01. The number of hydrogen-bond donors (Lipinski definition) is 1. The quantitative estimate of drug-likeness (QED) is 0.839. The Balaban J connectivity index is 2.57. The van der Waals surface area contributed by atoms with Crippen molar-refractivity contribution in [1.29, 1.82) is 0 Å². The zero-order chi connectivity index (χ0) is 14.0. The van der Waals surface area contributed by atoms with Crippen molar-refractivity contribution in [2.45, 2.75) is 26.9 Å². The molecule has 0 amide bonds. The molecule has 0 aliphatic heterocycles. The lowest BCUT2D eigenvalue weighted by atomic mass is 10.1. The summed E-state index contributed by atoms with van der Waals surface area (Å²) < 4.78 is 12.1. The molecule has 1 heterocycles. The van der Waals surface area contributed by atoms with Crippen molar-refractivity contribution in [2.24, 2.45) is 0 Å². The average Bonchev–Trinajstić information content (AvgIpc) is 2.67. The summed E-state index contributed by atoms with van der Waals surface area (Å²) in [5, 5.41) is 0. The molecule has 0 fully saturated rings. The lowest BCUT2D eigenvalue weighted by Gasteiger charge is -2.16. The highest BCUT2D eigenvalue weighted by atomic mass is 32.1. The van der Waals surface area contributed by atoms with Gasteiger partial charge in [-0.05, 0) is 45.1 Å². The Morgan fingerprint density at radius 3 is 2.58 bits per heavy atom. The molecule has 102 valence electrons. The van der Waals surface area contributed by atoms with Crippen molar-refractivity contribution in [3.05, 3.63) is 27.8 Å². The fourth-order valence-electron chi connectivity index (χ4n) is 1.91. The van der Waals surface area contributed by atoms with Crippen LogP contribution in [-0.2, 0) is 0 Å². The van der Waals surface area contributed by atoms with Crippen LogP contribution in [-0.4, -0.2) is 18.2 Å². The van der Waals surface area contributed by atoms with Gasteiger partial charge in [0, 0.05) is 11.3 Å². The highest BCUT2D eigenvalue weighted by Crippen LogP contribution is 2.41. The Morgan fingerprint density at radius 2 is 2.05 bits per heavy atom. The van der Waals surface area contributed by atoms with E-state index in [1.54, 1.807) is 18.4 Å². The molecule has 1 aromatic heterocycles. The maximum atomic E-state index is 5.79.